The molecule has 2 nitrogen and oxygen atoms in total. The van der Waals surface area contributed by atoms with Crippen molar-refractivity contribution in [2.45, 2.75) is 59.3 Å². The topological polar surface area (TPSA) is 25.8 Å². The van der Waals surface area contributed by atoms with Gasteiger partial charge in [0.15, 0.2) is 0 Å². The number of hydrogen-bond donors (Lipinski definition) is 0. The molecule has 0 saturated heterocycles. The van der Waals surface area contributed by atoms with E-state index in [-0.39, 0.29) is 20.1 Å². The van der Waals surface area contributed by atoms with Gasteiger partial charge in [0.25, 0.3) is 0 Å². The molecular weight excluding hydrogens is 689 g/mol. The Kier molecular flexibility index (Phi) is 10.4. The van der Waals surface area contributed by atoms with E-state index in [1.165, 1.54) is 38.2 Å². The summed E-state index contributed by atoms with van der Waals surface area (Å²) < 4.78 is 0. The quantitative estimate of drug-likeness (QED) is 0.131. The van der Waals surface area contributed by atoms with Gasteiger partial charge in [-0.2, -0.15) is 0 Å². The van der Waals surface area contributed by atoms with Crippen molar-refractivity contribution >= 4 is 21.5 Å². The molecule has 215 valence electrons. The average molecular weight is 727 g/mol. The molecule has 2 aromatic heterocycles. The van der Waals surface area contributed by atoms with Gasteiger partial charge in [0.05, 0.1) is 0 Å². The second-order valence-corrected chi connectivity index (χ2v) is 11.5. The molecule has 0 fully saturated rings. The van der Waals surface area contributed by atoms with Crippen LogP contribution < -0.4 is 0 Å². The Labute approximate surface area is 264 Å². The third kappa shape index (κ3) is 6.70. The van der Waals surface area contributed by atoms with Crippen LogP contribution in [0.2, 0.25) is 0 Å². The van der Waals surface area contributed by atoms with E-state index >= 15 is 0 Å². The van der Waals surface area contributed by atoms with E-state index in [4.69, 9.17) is 0 Å². The Morgan fingerprint density at radius 3 is 1.83 bits per heavy atom. The average Bonchev–Trinajstić information content (AvgIpc) is 3.01. The number of pyridine rings is 2. The summed E-state index contributed by atoms with van der Waals surface area (Å²) in [6.07, 6.45) is 3.71. The van der Waals surface area contributed by atoms with Gasteiger partial charge in [0.2, 0.25) is 0 Å². The predicted molar refractivity (Wildman–Crippen MR) is 174 cm³/mol. The molecule has 42 heavy (non-hydrogen) atoms. The number of hydrogen-bond acceptors (Lipinski definition) is 2. The summed E-state index contributed by atoms with van der Waals surface area (Å²) in [4.78, 5) is 8.88. The number of fused-ring (bicyclic) bond motifs is 3. The van der Waals surface area contributed by atoms with Crippen LogP contribution in [0, 0.1) is 12.1 Å². The first-order valence-corrected chi connectivity index (χ1v) is 14.6. The van der Waals surface area contributed by atoms with E-state index < -0.39 is 0 Å². The Morgan fingerprint density at radius 2 is 1.19 bits per heavy atom. The van der Waals surface area contributed by atoms with Gasteiger partial charge < -0.3 is 9.97 Å². The maximum Gasteiger partial charge on any atom is 0.0163 e. The molecule has 0 aliphatic rings. The SMILES string of the molecule is CC(C)c1ccnc(-c2[c-]cc3c(c2)c(C(C)C)c(C(C)C)c2ccccc23)c1.[Ir].[c-]1ccccc1-c1ccccn1. The third-order valence-corrected chi connectivity index (χ3v) is 7.57. The van der Waals surface area contributed by atoms with Crippen LogP contribution >= 0.6 is 0 Å². The van der Waals surface area contributed by atoms with Gasteiger partial charge >= 0.3 is 0 Å². The largest absolute Gasteiger partial charge is 0.305 e. The van der Waals surface area contributed by atoms with E-state index in [9.17, 15) is 0 Å². The second-order valence-electron chi connectivity index (χ2n) is 11.5. The van der Waals surface area contributed by atoms with Gasteiger partial charge in [0.1, 0.15) is 0 Å². The molecule has 0 aliphatic heterocycles. The fraction of sp³-hybridized carbons (Fsp3) is 0.231. The molecule has 2 heterocycles. The van der Waals surface area contributed by atoms with Crippen molar-refractivity contribution in [1.29, 1.82) is 0 Å². The Balaban J connectivity index is 0.000000261. The van der Waals surface area contributed by atoms with Crippen LogP contribution in [0.1, 0.15) is 76.0 Å². The van der Waals surface area contributed by atoms with Crippen molar-refractivity contribution in [2.24, 2.45) is 0 Å². The summed E-state index contributed by atoms with van der Waals surface area (Å²) in [6, 6.07) is 38.0. The van der Waals surface area contributed by atoms with E-state index in [0.29, 0.717) is 17.8 Å². The van der Waals surface area contributed by atoms with Crippen molar-refractivity contribution in [3.05, 3.63) is 132 Å². The first kappa shape index (κ1) is 31.3. The van der Waals surface area contributed by atoms with Crippen molar-refractivity contribution in [2.75, 3.05) is 0 Å². The van der Waals surface area contributed by atoms with Crippen LogP contribution in [-0.2, 0) is 20.1 Å². The van der Waals surface area contributed by atoms with Crippen LogP contribution in [0.25, 0.3) is 44.1 Å². The zero-order chi connectivity index (χ0) is 28.9. The van der Waals surface area contributed by atoms with Crippen LogP contribution in [0.15, 0.2) is 103 Å². The summed E-state index contributed by atoms with van der Waals surface area (Å²) in [5, 5.41) is 5.33. The fourth-order valence-corrected chi connectivity index (χ4v) is 5.60. The van der Waals surface area contributed by atoms with Crippen molar-refractivity contribution in [3.63, 3.8) is 0 Å². The number of benzene rings is 4. The van der Waals surface area contributed by atoms with E-state index in [2.05, 4.69) is 112 Å². The molecule has 3 heteroatoms. The van der Waals surface area contributed by atoms with Gasteiger partial charge in [-0.15, -0.1) is 59.7 Å². The minimum Gasteiger partial charge on any atom is -0.305 e. The zero-order valence-electron chi connectivity index (χ0n) is 25.3. The van der Waals surface area contributed by atoms with E-state index in [1.807, 2.05) is 48.7 Å². The molecule has 1 radical (unpaired) electrons. The van der Waals surface area contributed by atoms with Gasteiger partial charge in [-0.05, 0) is 52.2 Å². The van der Waals surface area contributed by atoms with Crippen LogP contribution in [0.3, 0.4) is 0 Å². The molecule has 0 unspecified atom stereocenters. The molecule has 0 amide bonds. The minimum atomic E-state index is 0. The second kappa shape index (κ2) is 14.0. The van der Waals surface area contributed by atoms with Crippen molar-refractivity contribution < 1.29 is 20.1 Å². The first-order valence-electron chi connectivity index (χ1n) is 14.6. The number of aromatic nitrogens is 2. The van der Waals surface area contributed by atoms with Gasteiger partial charge in [-0.1, -0.05) is 111 Å². The summed E-state index contributed by atoms with van der Waals surface area (Å²) in [7, 11) is 0. The molecule has 0 bridgehead atoms. The molecule has 6 rings (SSSR count). The minimum absolute atomic E-state index is 0. The van der Waals surface area contributed by atoms with Crippen molar-refractivity contribution in [1.82, 2.24) is 9.97 Å². The molecule has 0 spiro atoms. The summed E-state index contributed by atoms with van der Waals surface area (Å²) in [5.74, 6) is 1.40. The van der Waals surface area contributed by atoms with Gasteiger partial charge in [0, 0.05) is 32.5 Å². The summed E-state index contributed by atoms with van der Waals surface area (Å²) >= 11 is 0. The Morgan fingerprint density at radius 1 is 0.524 bits per heavy atom. The normalized spacial score (nSPS) is 11.1. The molecule has 6 aromatic rings. The summed E-state index contributed by atoms with van der Waals surface area (Å²) in [5.41, 5.74) is 8.34. The fourth-order valence-electron chi connectivity index (χ4n) is 5.60. The molecule has 0 atom stereocenters. The van der Waals surface area contributed by atoms with E-state index in [1.54, 1.807) is 6.20 Å². The molecule has 0 N–H and O–H groups in total. The van der Waals surface area contributed by atoms with Crippen LogP contribution in [0.5, 0.6) is 0 Å². The van der Waals surface area contributed by atoms with Crippen LogP contribution in [-0.4, -0.2) is 9.97 Å². The van der Waals surface area contributed by atoms with E-state index in [0.717, 1.165) is 22.5 Å². The summed E-state index contributed by atoms with van der Waals surface area (Å²) in [6.45, 7) is 13.7. The smallest absolute Gasteiger partial charge is 0.0163 e. The monoisotopic (exact) mass is 727 g/mol. The molecule has 4 aromatic carbocycles. The standard InChI is InChI=1S/C28H30N.C11H8N.Ir/c1-17(2)20-13-14-29-26(16-20)21-11-12-23-22-9-7-8-10-24(22)27(18(3)4)28(19(5)6)25(23)15-21;1-2-6-10(7-3-1)11-8-4-5-9-12-11;/h7-10,12-19H,1-6H3;1-6,8-9H;/q2*-1;. The maximum absolute atomic E-state index is 4.66. The molecule has 0 saturated carbocycles. The zero-order valence-corrected chi connectivity index (χ0v) is 27.7. The maximum atomic E-state index is 4.66. The Bertz CT molecular complexity index is 1720. The van der Waals surface area contributed by atoms with Crippen molar-refractivity contribution in [3.8, 4) is 22.5 Å². The van der Waals surface area contributed by atoms with Crippen LogP contribution in [0.4, 0.5) is 0 Å². The Hall–Kier alpha value is -3.65. The number of nitrogens with zero attached hydrogens (tertiary/aromatic N) is 2. The third-order valence-electron chi connectivity index (χ3n) is 7.57. The number of rotatable bonds is 5. The van der Waals surface area contributed by atoms with Gasteiger partial charge in [-0.25, -0.2) is 0 Å². The molecular formula is C39H38IrN2-2. The predicted octanol–water partition coefficient (Wildman–Crippen LogP) is 10.8. The first-order chi connectivity index (χ1) is 19.8. The molecule has 0 aliphatic carbocycles. The van der Waals surface area contributed by atoms with Gasteiger partial charge in [-0.3, -0.25) is 0 Å².